The Morgan fingerprint density at radius 3 is 2.35 bits per heavy atom. The van der Waals surface area contributed by atoms with Crippen molar-refractivity contribution >= 4 is 23.8 Å². The molecule has 1 unspecified atom stereocenters. The fraction of sp³-hybridized carbons (Fsp3) is 0.400. The van der Waals surface area contributed by atoms with Crippen LogP contribution in [0.5, 0.6) is 5.75 Å². The molecule has 1 saturated heterocycles. The Balaban J connectivity index is 0.00000243. The molecule has 1 fully saturated rings. The lowest BCUT2D eigenvalue weighted by Gasteiger charge is -2.37. The Morgan fingerprint density at radius 1 is 1.04 bits per heavy atom. The summed E-state index contributed by atoms with van der Waals surface area (Å²) in [5, 5.41) is 10.2. The number of nitrogens with zero attached hydrogens (tertiary/aromatic N) is 2. The van der Waals surface area contributed by atoms with E-state index in [9.17, 15) is 5.11 Å². The van der Waals surface area contributed by atoms with Crippen LogP contribution >= 0.6 is 12.4 Å². The first-order chi connectivity index (χ1) is 12.1. The van der Waals surface area contributed by atoms with E-state index >= 15 is 0 Å². The fourth-order valence-corrected chi connectivity index (χ4v) is 3.20. The number of hydrogen-bond acceptors (Lipinski definition) is 5. The van der Waals surface area contributed by atoms with Gasteiger partial charge in [-0.3, -0.25) is 4.90 Å². The number of rotatable bonds is 6. The first-order valence-corrected chi connectivity index (χ1v) is 8.81. The summed E-state index contributed by atoms with van der Waals surface area (Å²) in [5.74, 6) is 0.734. The Morgan fingerprint density at radius 2 is 1.69 bits per heavy atom. The minimum absolute atomic E-state index is 0. The molecule has 1 atom stereocenters. The van der Waals surface area contributed by atoms with Gasteiger partial charge in [-0.15, -0.1) is 12.4 Å². The van der Waals surface area contributed by atoms with Gasteiger partial charge in [0, 0.05) is 44.1 Å². The molecule has 5 nitrogen and oxygen atoms in total. The molecule has 0 aromatic heterocycles. The van der Waals surface area contributed by atoms with E-state index in [0.29, 0.717) is 18.8 Å². The minimum atomic E-state index is -0.498. The number of β-amino-alcohol motifs (C(OH)–C–C–N with tert-alkyl or cyclic N) is 1. The number of hydrogen-bond donors (Lipinski definition) is 2. The van der Waals surface area contributed by atoms with Crippen LogP contribution in [-0.2, 0) is 0 Å². The maximum Gasteiger partial charge on any atom is 0.119 e. The average Bonchev–Trinajstić information content (AvgIpc) is 2.62. The van der Waals surface area contributed by atoms with Gasteiger partial charge in [0.2, 0.25) is 0 Å². The minimum Gasteiger partial charge on any atom is -0.491 e. The van der Waals surface area contributed by atoms with Crippen LogP contribution < -0.4 is 15.4 Å². The molecule has 26 heavy (non-hydrogen) atoms. The highest BCUT2D eigenvalue weighted by Crippen LogP contribution is 2.21. The number of halogens is 1. The van der Waals surface area contributed by atoms with Crippen molar-refractivity contribution in [2.75, 3.05) is 50.0 Å². The predicted octanol–water partition coefficient (Wildman–Crippen LogP) is 2.56. The molecule has 0 bridgehead atoms. The second-order valence-corrected chi connectivity index (χ2v) is 6.61. The summed E-state index contributed by atoms with van der Waals surface area (Å²) >= 11 is 0. The molecule has 0 amide bonds. The maximum atomic E-state index is 10.2. The van der Waals surface area contributed by atoms with Crippen molar-refractivity contribution in [2.45, 2.75) is 13.0 Å². The van der Waals surface area contributed by atoms with Crippen molar-refractivity contribution < 1.29 is 9.84 Å². The molecule has 0 radical (unpaired) electrons. The van der Waals surface area contributed by atoms with Gasteiger partial charge in [-0.05, 0) is 42.8 Å². The van der Waals surface area contributed by atoms with E-state index in [1.807, 2.05) is 12.1 Å². The van der Waals surface area contributed by atoms with Crippen LogP contribution in [0.2, 0.25) is 0 Å². The van der Waals surface area contributed by atoms with E-state index in [0.717, 1.165) is 31.9 Å². The van der Waals surface area contributed by atoms with Gasteiger partial charge in [-0.1, -0.05) is 18.2 Å². The number of nitrogens with two attached hydrogens (primary N) is 1. The van der Waals surface area contributed by atoms with E-state index in [4.69, 9.17) is 10.5 Å². The van der Waals surface area contributed by atoms with E-state index in [2.05, 4.69) is 41.0 Å². The third-order valence-electron chi connectivity index (χ3n) is 4.62. The third kappa shape index (κ3) is 5.53. The molecule has 3 rings (SSSR count). The molecule has 0 spiro atoms. The van der Waals surface area contributed by atoms with Crippen molar-refractivity contribution in [3.63, 3.8) is 0 Å². The number of aryl methyl sites for hydroxylation is 1. The van der Waals surface area contributed by atoms with Crippen LogP contribution in [0.4, 0.5) is 11.4 Å². The lowest BCUT2D eigenvalue weighted by molar-refractivity contribution is 0.0663. The lowest BCUT2D eigenvalue weighted by atomic mass is 10.1. The number of aliphatic hydroxyl groups excluding tert-OH is 1. The molecular formula is C20H28ClN3O2. The number of nitrogen functional groups attached to an aromatic ring is 1. The van der Waals surface area contributed by atoms with Crippen molar-refractivity contribution in [2.24, 2.45) is 0 Å². The summed E-state index contributed by atoms with van der Waals surface area (Å²) in [7, 11) is 0. The molecule has 142 valence electrons. The molecular weight excluding hydrogens is 350 g/mol. The lowest BCUT2D eigenvalue weighted by Crippen LogP contribution is -2.49. The molecule has 0 aliphatic carbocycles. The number of para-hydroxylation sites is 1. The molecule has 0 saturated carbocycles. The highest BCUT2D eigenvalue weighted by atomic mass is 35.5. The summed E-state index contributed by atoms with van der Waals surface area (Å²) in [6.07, 6.45) is -0.498. The van der Waals surface area contributed by atoms with Gasteiger partial charge >= 0.3 is 0 Å². The monoisotopic (exact) mass is 377 g/mol. The first kappa shape index (κ1) is 20.4. The molecule has 6 heteroatoms. The second kappa shape index (κ2) is 9.67. The van der Waals surface area contributed by atoms with Gasteiger partial charge in [0.25, 0.3) is 0 Å². The van der Waals surface area contributed by atoms with Crippen LogP contribution in [0.15, 0.2) is 48.5 Å². The third-order valence-corrected chi connectivity index (χ3v) is 4.62. The Kier molecular flexibility index (Phi) is 7.57. The van der Waals surface area contributed by atoms with Crippen LogP contribution in [0.25, 0.3) is 0 Å². The predicted molar refractivity (Wildman–Crippen MR) is 109 cm³/mol. The summed E-state index contributed by atoms with van der Waals surface area (Å²) in [5.41, 5.74) is 8.99. The van der Waals surface area contributed by atoms with Crippen molar-refractivity contribution in [1.82, 2.24) is 4.90 Å². The van der Waals surface area contributed by atoms with Crippen molar-refractivity contribution in [3.8, 4) is 5.75 Å². The number of piperazine rings is 1. The van der Waals surface area contributed by atoms with Gasteiger partial charge in [0.05, 0.1) is 0 Å². The number of aliphatic hydroxyl groups is 1. The van der Waals surface area contributed by atoms with Crippen LogP contribution in [0.3, 0.4) is 0 Å². The van der Waals surface area contributed by atoms with E-state index in [1.165, 1.54) is 11.3 Å². The highest BCUT2D eigenvalue weighted by molar-refractivity contribution is 5.85. The van der Waals surface area contributed by atoms with Gasteiger partial charge in [0.1, 0.15) is 18.5 Å². The molecule has 1 heterocycles. The molecule has 2 aromatic rings. The van der Waals surface area contributed by atoms with Crippen molar-refractivity contribution in [1.29, 1.82) is 0 Å². The quantitative estimate of drug-likeness (QED) is 0.757. The normalized spacial score (nSPS) is 16.0. The largest absolute Gasteiger partial charge is 0.491 e. The molecule has 2 aromatic carbocycles. The number of benzene rings is 2. The topological polar surface area (TPSA) is 62.0 Å². The molecule has 3 N–H and O–H groups in total. The van der Waals surface area contributed by atoms with E-state index in [1.54, 1.807) is 12.1 Å². The summed E-state index contributed by atoms with van der Waals surface area (Å²) in [4.78, 5) is 4.72. The number of anilines is 2. The Labute approximate surface area is 161 Å². The smallest absolute Gasteiger partial charge is 0.119 e. The average molecular weight is 378 g/mol. The van der Waals surface area contributed by atoms with Gasteiger partial charge < -0.3 is 20.5 Å². The van der Waals surface area contributed by atoms with Crippen molar-refractivity contribution in [3.05, 3.63) is 54.1 Å². The number of ether oxygens (including phenoxy) is 1. The SMILES string of the molecule is Cc1ccccc1N1CCN(CC(O)COc2ccc(N)cc2)CC1.Cl. The summed E-state index contributed by atoms with van der Waals surface area (Å²) in [6.45, 7) is 6.95. The highest BCUT2D eigenvalue weighted by Gasteiger charge is 2.20. The Bertz CT molecular complexity index is 673. The van der Waals surface area contributed by atoms with Gasteiger partial charge in [-0.2, -0.15) is 0 Å². The van der Waals surface area contributed by atoms with Crippen LogP contribution in [0.1, 0.15) is 5.56 Å². The fourth-order valence-electron chi connectivity index (χ4n) is 3.20. The van der Waals surface area contributed by atoms with E-state index in [-0.39, 0.29) is 12.4 Å². The van der Waals surface area contributed by atoms with Gasteiger partial charge in [-0.25, -0.2) is 0 Å². The zero-order chi connectivity index (χ0) is 17.6. The summed E-state index contributed by atoms with van der Waals surface area (Å²) in [6, 6.07) is 15.7. The Hall–Kier alpha value is -1.95. The maximum absolute atomic E-state index is 10.2. The molecule has 1 aliphatic rings. The van der Waals surface area contributed by atoms with Crippen LogP contribution in [-0.4, -0.2) is 55.4 Å². The van der Waals surface area contributed by atoms with Gasteiger partial charge in [0.15, 0.2) is 0 Å². The standard InChI is InChI=1S/C20H27N3O2.ClH/c1-16-4-2-3-5-20(16)23-12-10-22(11-13-23)14-18(24)15-25-19-8-6-17(21)7-9-19;/h2-9,18,24H,10-15,21H2,1H3;1H. The second-order valence-electron chi connectivity index (χ2n) is 6.61. The van der Waals surface area contributed by atoms with E-state index < -0.39 is 6.10 Å². The molecule has 1 aliphatic heterocycles. The zero-order valence-electron chi connectivity index (χ0n) is 15.2. The first-order valence-electron chi connectivity index (χ1n) is 8.81. The van der Waals surface area contributed by atoms with Crippen LogP contribution in [0, 0.1) is 6.92 Å². The zero-order valence-corrected chi connectivity index (χ0v) is 16.0. The summed E-state index contributed by atoms with van der Waals surface area (Å²) < 4.78 is 5.63.